The zero-order valence-corrected chi connectivity index (χ0v) is 21.3. The van der Waals surface area contributed by atoms with Gasteiger partial charge >= 0.3 is 5.97 Å². The second kappa shape index (κ2) is 10.9. The number of methoxy groups -OCH3 is 2. The molecule has 0 unspecified atom stereocenters. The van der Waals surface area contributed by atoms with Crippen molar-refractivity contribution in [1.82, 2.24) is 3.71 Å². The standard InChI is InChI=1S/C25H27NO6S2/c1-6-26(34(28,29)23-15-17(2)18(3)24(16-23)25(27)31-5)33-22-13-11-21(12-14-22)32-20-9-7-19(30-4)8-10-20/h7-16H,6H2,1-5H3. The van der Waals surface area contributed by atoms with E-state index < -0.39 is 16.0 Å². The molecule has 34 heavy (non-hydrogen) atoms. The molecule has 7 nitrogen and oxygen atoms in total. The maximum Gasteiger partial charge on any atom is 0.338 e. The summed E-state index contributed by atoms with van der Waals surface area (Å²) in [5, 5.41) is 0. The highest BCUT2D eigenvalue weighted by Gasteiger charge is 2.27. The summed E-state index contributed by atoms with van der Waals surface area (Å²) in [6.45, 7) is 5.53. The Hall–Kier alpha value is -3.01. The van der Waals surface area contributed by atoms with Crippen molar-refractivity contribution in [2.45, 2.75) is 30.6 Å². The summed E-state index contributed by atoms with van der Waals surface area (Å²) in [7, 11) is -0.999. The molecule has 0 aliphatic rings. The van der Waals surface area contributed by atoms with Crippen LogP contribution in [0.15, 0.2) is 70.5 Å². The first kappa shape index (κ1) is 25.6. The SMILES string of the molecule is CCN(Sc1ccc(Oc2ccc(OC)cc2)cc1)S(=O)(=O)c1cc(C)c(C)c(C(=O)OC)c1. The van der Waals surface area contributed by atoms with Gasteiger partial charge in [-0.25, -0.2) is 13.2 Å². The first-order valence-corrected chi connectivity index (χ1v) is 12.7. The van der Waals surface area contributed by atoms with E-state index >= 15 is 0 Å². The average Bonchev–Trinajstić information content (AvgIpc) is 2.84. The minimum atomic E-state index is -3.87. The van der Waals surface area contributed by atoms with Crippen LogP contribution >= 0.6 is 11.9 Å². The third-order valence-electron chi connectivity index (χ3n) is 5.20. The number of carbonyl (C=O) groups excluding carboxylic acids is 1. The smallest absolute Gasteiger partial charge is 0.338 e. The average molecular weight is 502 g/mol. The third kappa shape index (κ3) is 5.72. The van der Waals surface area contributed by atoms with Gasteiger partial charge in [0.25, 0.3) is 10.0 Å². The van der Waals surface area contributed by atoms with Crippen molar-refractivity contribution in [2.75, 3.05) is 20.8 Å². The third-order valence-corrected chi connectivity index (χ3v) is 8.58. The van der Waals surface area contributed by atoms with Gasteiger partial charge in [-0.3, -0.25) is 0 Å². The van der Waals surface area contributed by atoms with E-state index in [2.05, 4.69) is 0 Å². The van der Waals surface area contributed by atoms with Crippen molar-refractivity contribution in [3.05, 3.63) is 77.4 Å². The Balaban J connectivity index is 1.80. The largest absolute Gasteiger partial charge is 0.497 e. The maximum atomic E-state index is 13.4. The topological polar surface area (TPSA) is 82.1 Å². The van der Waals surface area contributed by atoms with Gasteiger partial charge in [-0.05, 0) is 97.6 Å². The fourth-order valence-electron chi connectivity index (χ4n) is 3.16. The van der Waals surface area contributed by atoms with Crippen LogP contribution in [0.5, 0.6) is 17.2 Å². The predicted molar refractivity (Wildman–Crippen MR) is 132 cm³/mol. The Morgan fingerprint density at radius 2 is 1.47 bits per heavy atom. The molecule has 0 bridgehead atoms. The van der Waals surface area contributed by atoms with Gasteiger partial charge in [0.2, 0.25) is 0 Å². The zero-order valence-electron chi connectivity index (χ0n) is 19.7. The number of ether oxygens (including phenoxy) is 3. The van der Waals surface area contributed by atoms with Crippen LogP contribution < -0.4 is 9.47 Å². The van der Waals surface area contributed by atoms with Crippen LogP contribution in [0.3, 0.4) is 0 Å². The van der Waals surface area contributed by atoms with Crippen LogP contribution in [-0.4, -0.2) is 38.9 Å². The Bertz CT molecular complexity index is 1260. The van der Waals surface area contributed by atoms with Crippen LogP contribution in [0, 0.1) is 13.8 Å². The minimum Gasteiger partial charge on any atom is -0.497 e. The zero-order chi connectivity index (χ0) is 24.9. The Kier molecular flexibility index (Phi) is 8.24. The molecule has 0 fully saturated rings. The first-order chi connectivity index (χ1) is 16.2. The molecule has 0 amide bonds. The summed E-state index contributed by atoms with van der Waals surface area (Å²) in [4.78, 5) is 12.9. The number of sulfonamides is 1. The first-order valence-electron chi connectivity index (χ1n) is 10.5. The van der Waals surface area contributed by atoms with E-state index in [1.807, 2.05) is 12.1 Å². The van der Waals surface area contributed by atoms with E-state index in [4.69, 9.17) is 14.2 Å². The molecule has 3 aromatic carbocycles. The van der Waals surface area contributed by atoms with Crippen molar-refractivity contribution in [3.63, 3.8) is 0 Å². The molecule has 0 spiro atoms. The molecular weight excluding hydrogens is 474 g/mol. The van der Waals surface area contributed by atoms with Gasteiger partial charge in [0.15, 0.2) is 0 Å². The van der Waals surface area contributed by atoms with Gasteiger partial charge in [0.05, 0.1) is 24.7 Å². The van der Waals surface area contributed by atoms with Crippen molar-refractivity contribution in [2.24, 2.45) is 0 Å². The lowest BCUT2D eigenvalue weighted by Gasteiger charge is -2.20. The molecule has 0 saturated carbocycles. The minimum absolute atomic E-state index is 0.0461. The second-order valence-electron chi connectivity index (χ2n) is 7.37. The number of nitrogens with zero attached hydrogens (tertiary/aromatic N) is 1. The Morgan fingerprint density at radius 3 is 2.00 bits per heavy atom. The van der Waals surface area contributed by atoms with Crippen LogP contribution in [0.2, 0.25) is 0 Å². The van der Waals surface area contributed by atoms with Crippen molar-refractivity contribution in [3.8, 4) is 17.2 Å². The van der Waals surface area contributed by atoms with Crippen molar-refractivity contribution in [1.29, 1.82) is 0 Å². The van der Waals surface area contributed by atoms with Crippen molar-refractivity contribution >= 4 is 27.9 Å². The lowest BCUT2D eigenvalue weighted by molar-refractivity contribution is 0.0599. The van der Waals surface area contributed by atoms with E-state index in [9.17, 15) is 13.2 Å². The molecule has 9 heteroatoms. The quantitative estimate of drug-likeness (QED) is 0.278. The fourth-order valence-corrected chi connectivity index (χ4v) is 5.86. The monoisotopic (exact) mass is 501 g/mol. The number of aryl methyl sites for hydroxylation is 1. The summed E-state index contributed by atoms with van der Waals surface area (Å²) in [6, 6.07) is 17.3. The molecule has 180 valence electrons. The summed E-state index contributed by atoms with van der Waals surface area (Å²) in [6.07, 6.45) is 0. The number of benzene rings is 3. The summed E-state index contributed by atoms with van der Waals surface area (Å²) in [5.41, 5.74) is 1.62. The van der Waals surface area contributed by atoms with Gasteiger partial charge in [-0.1, -0.05) is 6.92 Å². The number of esters is 1. The highest BCUT2D eigenvalue weighted by Crippen LogP contribution is 2.33. The predicted octanol–water partition coefficient (Wildman–Crippen LogP) is 5.61. The Labute approximate surface area is 204 Å². The van der Waals surface area contributed by atoms with Gasteiger partial charge < -0.3 is 14.2 Å². The van der Waals surface area contributed by atoms with Gasteiger partial charge in [-0.2, -0.15) is 0 Å². The molecule has 0 saturated heterocycles. The number of rotatable bonds is 9. The highest BCUT2D eigenvalue weighted by atomic mass is 32.3. The molecule has 0 radical (unpaired) electrons. The number of hydrogen-bond acceptors (Lipinski definition) is 7. The second-order valence-corrected chi connectivity index (χ2v) is 10.6. The molecular formula is C25H27NO6S2. The van der Waals surface area contributed by atoms with E-state index in [1.165, 1.54) is 16.9 Å². The molecule has 0 aromatic heterocycles. The van der Waals surface area contributed by atoms with Crippen LogP contribution in [0.1, 0.15) is 28.4 Å². The molecule has 3 aromatic rings. The van der Waals surface area contributed by atoms with Crippen LogP contribution in [-0.2, 0) is 14.8 Å². The van der Waals surface area contributed by atoms with Crippen LogP contribution in [0.4, 0.5) is 0 Å². The molecule has 0 aliphatic carbocycles. The fraction of sp³-hybridized carbons (Fsp3) is 0.240. The summed E-state index contributed by atoms with van der Waals surface area (Å²) < 4.78 is 43.8. The van der Waals surface area contributed by atoms with E-state index in [0.717, 1.165) is 22.6 Å². The van der Waals surface area contributed by atoms with Crippen LogP contribution in [0.25, 0.3) is 0 Å². The van der Waals surface area contributed by atoms with Gasteiger partial charge in [0.1, 0.15) is 17.2 Å². The molecule has 0 N–H and O–H groups in total. The number of carbonyl (C=O) groups is 1. The lowest BCUT2D eigenvalue weighted by Crippen LogP contribution is -2.25. The number of hydrogen-bond donors (Lipinski definition) is 0. The molecule has 3 rings (SSSR count). The molecule has 0 heterocycles. The molecule has 0 atom stereocenters. The van der Waals surface area contributed by atoms with E-state index in [-0.39, 0.29) is 17.0 Å². The lowest BCUT2D eigenvalue weighted by atomic mass is 10.0. The van der Waals surface area contributed by atoms with E-state index in [0.29, 0.717) is 22.6 Å². The highest BCUT2D eigenvalue weighted by molar-refractivity contribution is 8.08. The summed E-state index contributed by atoms with van der Waals surface area (Å²) >= 11 is 1.10. The van der Waals surface area contributed by atoms with Crippen molar-refractivity contribution < 1.29 is 27.4 Å². The molecule has 0 aliphatic heterocycles. The van der Waals surface area contributed by atoms with Gasteiger partial charge in [-0.15, -0.1) is 3.71 Å². The van der Waals surface area contributed by atoms with Gasteiger partial charge in [0, 0.05) is 11.4 Å². The maximum absolute atomic E-state index is 13.4. The normalized spacial score (nSPS) is 11.4. The van der Waals surface area contributed by atoms with E-state index in [1.54, 1.807) is 70.3 Å². The Morgan fingerprint density at radius 1 is 0.912 bits per heavy atom. The summed E-state index contributed by atoms with van der Waals surface area (Å²) in [5.74, 6) is 1.45.